The number of benzene rings is 3. The molecule has 4 amide bonds. The van der Waals surface area contributed by atoms with Gasteiger partial charge in [0.25, 0.3) is 23.6 Å². The standard InChI is InChI=1S/C28H22F2N4O4/c1-16-23(24(35)31-19-9-6-8-18(14-19)28(2,29)30)27(38)34(32-16)20-10-5-7-17(13-20)15-33-25(36)21-11-3-4-12-22(21)26(33)37/h3-14,23H,15H2,1-2H3,(H,31,35). The third-order valence-corrected chi connectivity index (χ3v) is 6.40. The molecule has 192 valence electrons. The zero-order valence-corrected chi connectivity index (χ0v) is 20.4. The molecular formula is C28H22F2N4O4. The van der Waals surface area contributed by atoms with Gasteiger partial charge in [0.05, 0.1) is 29.1 Å². The maximum absolute atomic E-state index is 13.7. The summed E-state index contributed by atoms with van der Waals surface area (Å²) in [7, 11) is 0. The summed E-state index contributed by atoms with van der Waals surface area (Å²) in [6.45, 7) is 2.28. The number of halogens is 2. The molecule has 2 heterocycles. The Labute approximate surface area is 216 Å². The number of rotatable bonds is 6. The smallest absolute Gasteiger partial charge is 0.270 e. The molecule has 0 saturated carbocycles. The fourth-order valence-corrected chi connectivity index (χ4v) is 4.49. The van der Waals surface area contributed by atoms with Crippen LogP contribution in [0.25, 0.3) is 0 Å². The molecular weight excluding hydrogens is 494 g/mol. The van der Waals surface area contributed by atoms with Crippen molar-refractivity contribution in [2.24, 2.45) is 11.0 Å². The van der Waals surface area contributed by atoms with Crippen LogP contribution in [0.4, 0.5) is 20.2 Å². The van der Waals surface area contributed by atoms with Crippen molar-refractivity contribution in [1.82, 2.24) is 4.90 Å². The first-order chi connectivity index (χ1) is 18.0. The maximum atomic E-state index is 13.7. The van der Waals surface area contributed by atoms with Gasteiger partial charge >= 0.3 is 0 Å². The fraction of sp³-hybridized carbons (Fsp3) is 0.179. The number of hydrogen-bond donors (Lipinski definition) is 1. The molecule has 0 saturated heterocycles. The summed E-state index contributed by atoms with van der Waals surface area (Å²) in [5, 5.41) is 7.86. The van der Waals surface area contributed by atoms with E-state index in [1.165, 1.54) is 25.1 Å². The van der Waals surface area contributed by atoms with E-state index in [0.29, 0.717) is 22.4 Å². The van der Waals surface area contributed by atoms with E-state index < -0.39 is 35.5 Å². The van der Waals surface area contributed by atoms with E-state index in [-0.39, 0.29) is 23.5 Å². The van der Waals surface area contributed by atoms with Gasteiger partial charge < -0.3 is 5.32 Å². The molecule has 0 bridgehead atoms. The SMILES string of the molecule is CC1=NN(c2cccc(CN3C(=O)c4ccccc4C3=O)c2)C(=O)C1C(=O)Nc1cccc(C(C)(F)F)c1. The number of hydrogen-bond acceptors (Lipinski definition) is 5. The van der Waals surface area contributed by atoms with E-state index in [0.717, 1.165) is 22.9 Å². The molecule has 8 nitrogen and oxygen atoms in total. The highest BCUT2D eigenvalue weighted by atomic mass is 19.3. The summed E-state index contributed by atoms with van der Waals surface area (Å²) in [5.74, 6) is -6.45. The lowest BCUT2D eigenvalue weighted by molar-refractivity contribution is -0.127. The van der Waals surface area contributed by atoms with E-state index in [1.54, 1.807) is 48.5 Å². The lowest BCUT2D eigenvalue weighted by Gasteiger charge is -2.18. The van der Waals surface area contributed by atoms with E-state index in [4.69, 9.17) is 0 Å². The summed E-state index contributed by atoms with van der Waals surface area (Å²) in [5.41, 5.74) is 1.71. The van der Waals surface area contributed by atoms with Gasteiger partial charge in [-0.15, -0.1) is 0 Å². The van der Waals surface area contributed by atoms with Crippen LogP contribution in [-0.2, 0) is 22.1 Å². The first-order valence-corrected chi connectivity index (χ1v) is 11.8. The summed E-state index contributed by atoms with van der Waals surface area (Å²) in [4.78, 5) is 52.7. The van der Waals surface area contributed by atoms with Gasteiger partial charge in [0.15, 0.2) is 5.92 Å². The topological polar surface area (TPSA) is 99.2 Å². The van der Waals surface area contributed by atoms with Crippen LogP contribution in [0.2, 0.25) is 0 Å². The van der Waals surface area contributed by atoms with Crippen molar-refractivity contribution >= 4 is 40.7 Å². The highest BCUT2D eigenvalue weighted by Gasteiger charge is 2.40. The van der Waals surface area contributed by atoms with Crippen molar-refractivity contribution < 1.29 is 28.0 Å². The summed E-state index contributed by atoms with van der Waals surface area (Å²) in [6.07, 6.45) is 0. The second kappa shape index (κ2) is 9.29. The number of amides is 4. The Morgan fingerprint density at radius 3 is 2.26 bits per heavy atom. The Bertz CT molecular complexity index is 1490. The van der Waals surface area contributed by atoms with Crippen LogP contribution >= 0.6 is 0 Å². The van der Waals surface area contributed by atoms with Crippen LogP contribution < -0.4 is 10.3 Å². The molecule has 0 radical (unpaired) electrons. The lowest BCUT2D eigenvalue weighted by atomic mass is 10.0. The van der Waals surface area contributed by atoms with Crippen molar-refractivity contribution in [3.63, 3.8) is 0 Å². The highest BCUT2D eigenvalue weighted by molar-refractivity contribution is 6.28. The minimum atomic E-state index is -3.09. The average molecular weight is 517 g/mol. The van der Waals surface area contributed by atoms with Gasteiger partial charge in [0.1, 0.15) is 0 Å². The molecule has 38 heavy (non-hydrogen) atoms. The first-order valence-electron chi connectivity index (χ1n) is 11.8. The van der Waals surface area contributed by atoms with Crippen molar-refractivity contribution in [3.8, 4) is 0 Å². The van der Waals surface area contributed by atoms with Gasteiger partial charge in [-0.1, -0.05) is 36.4 Å². The number of hydrazone groups is 1. The molecule has 5 rings (SSSR count). The molecule has 1 N–H and O–H groups in total. The number of carbonyl (C=O) groups excluding carboxylic acids is 4. The Morgan fingerprint density at radius 2 is 1.61 bits per heavy atom. The number of fused-ring (bicyclic) bond motifs is 1. The van der Waals surface area contributed by atoms with Crippen LogP contribution in [-0.4, -0.2) is 34.2 Å². The Hall–Kier alpha value is -4.73. The molecule has 0 fully saturated rings. The quantitative estimate of drug-likeness (QED) is 0.383. The van der Waals surface area contributed by atoms with Gasteiger partial charge in [-0.05, 0) is 48.9 Å². The van der Waals surface area contributed by atoms with E-state index in [1.807, 2.05) is 0 Å². The fourth-order valence-electron chi connectivity index (χ4n) is 4.49. The molecule has 3 aromatic carbocycles. The van der Waals surface area contributed by atoms with Gasteiger partial charge in [-0.2, -0.15) is 10.1 Å². The monoisotopic (exact) mass is 516 g/mol. The summed E-state index contributed by atoms with van der Waals surface area (Å²) >= 11 is 0. The van der Waals surface area contributed by atoms with E-state index in [9.17, 15) is 28.0 Å². The maximum Gasteiger partial charge on any atom is 0.270 e. The molecule has 0 spiro atoms. The zero-order chi connectivity index (χ0) is 27.2. The molecule has 10 heteroatoms. The first kappa shape index (κ1) is 24.9. The average Bonchev–Trinajstić information content (AvgIpc) is 3.31. The van der Waals surface area contributed by atoms with E-state index >= 15 is 0 Å². The van der Waals surface area contributed by atoms with Gasteiger partial charge in [-0.25, -0.2) is 8.78 Å². The largest absolute Gasteiger partial charge is 0.325 e. The Balaban J connectivity index is 1.32. The zero-order valence-electron chi connectivity index (χ0n) is 20.4. The van der Waals surface area contributed by atoms with Crippen LogP contribution in [0.5, 0.6) is 0 Å². The molecule has 2 aliphatic rings. The van der Waals surface area contributed by atoms with Crippen molar-refractivity contribution in [1.29, 1.82) is 0 Å². The molecule has 1 unspecified atom stereocenters. The summed E-state index contributed by atoms with van der Waals surface area (Å²) in [6, 6.07) is 18.4. The van der Waals surface area contributed by atoms with Crippen LogP contribution in [0, 0.1) is 5.92 Å². The Kier molecular flexibility index (Phi) is 6.10. The second-order valence-corrected chi connectivity index (χ2v) is 9.19. The third-order valence-electron chi connectivity index (χ3n) is 6.40. The van der Waals surface area contributed by atoms with Crippen LogP contribution in [0.15, 0.2) is 77.9 Å². The number of alkyl halides is 2. The van der Waals surface area contributed by atoms with Gasteiger partial charge in [0, 0.05) is 18.2 Å². The lowest BCUT2D eigenvalue weighted by Crippen LogP contribution is -2.36. The van der Waals surface area contributed by atoms with Gasteiger partial charge in [0.2, 0.25) is 5.91 Å². The number of carbonyl (C=O) groups is 4. The number of nitrogens with one attached hydrogen (secondary N) is 1. The minimum Gasteiger partial charge on any atom is -0.325 e. The van der Waals surface area contributed by atoms with Crippen LogP contribution in [0.3, 0.4) is 0 Å². The van der Waals surface area contributed by atoms with Crippen molar-refractivity contribution in [2.45, 2.75) is 26.3 Å². The number of nitrogens with zero attached hydrogens (tertiary/aromatic N) is 3. The summed E-state index contributed by atoms with van der Waals surface area (Å²) < 4.78 is 27.4. The molecule has 1 atom stereocenters. The van der Waals surface area contributed by atoms with Crippen molar-refractivity contribution in [2.75, 3.05) is 10.3 Å². The Morgan fingerprint density at radius 1 is 0.947 bits per heavy atom. The molecule has 3 aromatic rings. The van der Waals surface area contributed by atoms with Crippen molar-refractivity contribution in [3.05, 3.63) is 95.1 Å². The molecule has 0 aromatic heterocycles. The normalized spacial score (nSPS) is 17.1. The van der Waals surface area contributed by atoms with Gasteiger partial charge in [-0.3, -0.25) is 24.1 Å². The second-order valence-electron chi connectivity index (χ2n) is 9.19. The molecule has 0 aliphatic carbocycles. The minimum absolute atomic E-state index is 0.00671. The predicted molar refractivity (Wildman–Crippen MR) is 136 cm³/mol. The molecule has 2 aliphatic heterocycles. The highest BCUT2D eigenvalue weighted by Crippen LogP contribution is 2.30. The number of imide groups is 1. The van der Waals surface area contributed by atoms with E-state index in [2.05, 4.69) is 10.4 Å². The third kappa shape index (κ3) is 4.45. The van der Waals surface area contributed by atoms with Crippen LogP contribution in [0.1, 0.15) is 45.7 Å². The number of anilines is 2. The predicted octanol–water partition coefficient (Wildman–Crippen LogP) is 4.57.